The predicted octanol–water partition coefficient (Wildman–Crippen LogP) is 4.43. The van der Waals surface area contributed by atoms with Crippen LogP contribution in [0.1, 0.15) is 15.9 Å². The van der Waals surface area contributed by atoms with E-state index in [-0.39, 0.29) is 23.3 Å². The van der Waals surface area contributed by atoms with Crippen molar-refractivity contribution in [3.8, 4) is 5.88 Å². The topological polar surface area (TPSA) is 71.7 Å². The van der Waals surface area contributed by atoms with Crippen LogP contribution >= 0.6 is 0 Å². The zero-order valence-electron chi connectivity index (χ0n) is 15.3. The molecule has 1 aromatic heterocycles. The summed E-state index contributed by atoms with van der Waals surface area (Å²) in [6.07, 6.45) is 0. The Balaban J connectivity index is 1.65. The Kier molecular flexibility index (Phi) is 4.14. The molecule has 5 nitrogen and oxygen atoms in total. The highest BCUT2D eigenvalue weighted by molar-refractivity contribution is 7.84. The fourth-order valence-corrected chi connectivity index (χ4v) is 4.76. The van der Waals surface area contributed by atoms with E-state index in [1.54, 1.807) is 34.9 Å². The number of aromatic nitrogens is 1. The standard InChI is InChI=1S/C23H16N2O3S/c26-22-16-10-4-6-12-18(16)24-21(22)20-17-11-5-7-13-19(17)25(23(20)27)14-29(28)15-8-2-1-3-9-15/h1-13,27H,14H2. The van der Waals surface area contributed by atoms with Crippen molar-refractivity contribution < 1.29 is 14.1 Å². The summed E-state index contributed by atoms with van der Waals surface area (Å²) in [5, 5.41) is 11.8. The second-order valence-corrected chi connectivity index (χ2v) is 8.16. The summed E-state index contributed by atoms with van der Waals surface area (Å²) in [6.45, 7) is 0. The number of carbonyl (C=O) groups excluding carboxylic acids is 1. The first kappa shape index (κ1) is 17.6. The first-order valence-electron chi connectivity index (χ1n) is 9.11. The SMILES string of the molecule is O=C1C(c2c(O)n(CS(=O)c3ccccc3)c3ccccc23)=Nc2ccccc21. The maximum atomic E-state index is 12.9. The number of ketones is 1. The number of hydrogen-bond donors (Lipinski definition) is 1. The molecule has 3 aromatic carbocycles. The molecule has 1 atom stereocenters. The fourth-order valence-electron chi connectivity index (χ4n) is 3.65. The summed E-state index contributed by atoms with van der Waals surface area (Å²) in [5.74, 6) is -0.247. The number of nitrogens with zero attached hydrogens (tertiary/aromatic N) is 2. The summed E-state index contributed by atoms with van der Waals surface area (Å²) in [4.78, 5) is 18.1. The Labute approximate surface area is 169 Å². The maximum Gasteiger partial charge on any atom is 0.214 e. The third-order valence-corrected chi connectivity index (χ3v) is 6.32. The van der Waals surface area contributed by atoms with Gasteiger partial charge in [-0.3, -0.25) is 13.6 Å². The van der Waals surface area contributed by atoms with Crippen LogP contribution in [-0.2, 0) is 16.7 Å². The normalized spacial score (nSPS) is 14.1. The van der Waals surface area contributed by atoms with Crippen LogP contribution in [0.3, 0.4) is 0 Å². The molecular formula is C23H16N2O3S. The summed E-state index contributed by atoms with van der Waals surface area (Å²) < 4.78 is 14.5. The molecule has 5 rings (SSSR count). The number of carbonyl (C=O) groups is 1. The van der Waals surface area contributed by atoms with Crippen LogP contribution in [0.2, 0.25) is 0 Å². The lowest BCUT2D eigenvalue weighted by atomic mass is 10.0. The second-order valence-electron chi connectivity index (χ2n) is 6.74. The highest BCUT2D eigenvalue weighted by Gasteiger charge is 2.31. The molecule has 0 amide bonds. The number of hydrogen-bond acceptors (Lipinski definition) is 4. The Morgan fingerprint density at radius 1 is 0.897 bits per heavy atom. The molecule has 1 N–H and O–H groups in total. The third-order valence-electron chi connectivity index (χ3n) is 5.03. The molecule has 1 unspecified atom stereocenters. The number of rotatable bonds is 4. The minimum absolute atomic E-state index is 0.0742. The number of Topliss-reactive ketones (excluding diaryl/α,β-unsaturated/α-hetero) is 1. The summed E-state index contributed by atoms with van der Waals surface area (Å²) in [6, 6.07) is 23.6. The molecular weight excluding hydrogens is 384 g/mol. The zero-order chi connectivity index (χ0) is 20.0. The third kappa shape index (κ3) is 2.80. The van der Waals surface area contributed by atoms with Crippen LogP contribution in [0, 0.1) is 0 Å². The first-order valence-corrected chi connectivity index (χ1v) is 10.4. The highest BCUT2D eigenvalue weighted by atomic mass is 32.2. The van der Waals surface area contributed by atoms with Crippen LogP contribution in [0.5, 0.6) is 5.88 Å². The van der Waals surface area contributed by atoms with Gasteiger partial charge < -0.3 is 5.11 Å². The lowest BCUT2D eigenvalue weighted by Gasteiger charge is -2.07. The van der Waals surface area contributed by atoms with E-state index in [4.69, 9.17) is 0 Å². The number of para-hydroxylation sites is 2. The van der Waals surface area contributed by atoms with Gasteiger partial charge in [-0.1, -0.05) is 48.5 Å². The molecule has 1 aliphatic rings. The Hall–Kier alpha value is -3.51. The predicted molar refractivity (Wildman–Crippen MR) is 113 cm³/mol. The van der Waals surface area contributed by atoms with Gasteiger partial charge in [-0.05, 0) is 30.3 Å². The molecule has 0 spiro atoms. The van der Waals surface area contributed by atoms with E-state index >= 15 is 0 Å². The Bertz CT molecular complexity index is 1320. The number of aliphatic imine (C=N–C) groups is 1. The molecule has 6 heteroatoms. The molecule has 4 aromatic rings. The van der Waals surface area contributed by atoms with Crippen LogP contribution in [0.15, 0.2) is 88.8 Å². The summed E-state index contributed by atoms with van der Waals surface area (Å²) in [7, 11) is -1.36. The lowest BCUT2D eigenvalue weighted by molar-refractivity contribution is 0.107. The van der Waals surface area contributed by atoms with Crippen molar-refractivity contribution in [2.75, 3.05) is 0 Å². The molecule has 2 heterocycles. The van der Waals surface area contributed by atoms with Crippen LogP contribution in [0.4, 0.5) is 5.69 Å². The highest BCUT2D eigenvalue weighted by Crippen LogP contribution is 2.37. The fraction of sp³-hybridized carbons (Fsp3) is 0.0435. The number of fused-ring (bicyclic) bond motifs is 2. The quantitative estimate of drug-likeness (QED) is 0.551. The van der Waals surface area contributed by atoms with E-state index in [1.165, 1.54) is 0 Å². The van der Waals surface area contributed by atoms with Crippen molar-refractivity contribution in [3.05, 3.63) is 90.0 Å². The zero-order valence-corrected chi connectivity index (χ0v) is 16.1. The first-order chi connectivity index (χ1) is 14.1. The average Bonchev–Trinajstić information content (AvgIpc) is 3.23. The molecule has 29 heavy (non-hydrogen) atoms. The van der Waals surface area contributed by atoms with Gasteiger partial charge in [0.2, 0.25) is 11.7 Å². The van der Waals surface area contributed by atoms with Gasteiger partial charge in [0.05, 0.1) is 27.6 Å². The average molecular weight is 400 g/mol. The van der Waals surface area contributed by atoms with Crippen molar-refractivity contribution in [2.45, 2.75) is 10.8 Å². The lowest BCUT2D eigenvalue weighted by Crippen LogP contribution is -2.11. The number of benzene rings is 3. The van der Waals surface area contributed by atoms with Crippen molar-refractivity contribution in [1.29, 1.82) is 0 Å². The van der Waals surface area contributed by atoms with Gasteiger partial charge >= 0.3 is 0 Å². The summed E-state index contributed by atoms with van der Waals surface area (Å²) in [5.41, 5.74) is 2.41. The van der Waals surface area contributed by atoms with Crippen LogP contribution in [-0.4, -0.2) is 25.4 Å². The molecule has 0 fully saturated rings. The largest absolute Gasteiger partial charge is 0.494 e. The van der Waals surface area contributed by atoms with Gasteiger partial charge in [-0.2, -0.15) is 0 Å². The molecule has 0 saturated carbocycles. The molecule has 0 radical (unpaired) electrons. The van der Waals surface area contributed by atoms with Gasteiger partial charge in [0.15, 0.2) is 0 Å². The molecule has 0 saturated heterocycles. The minimum atomic E-state index is -1.36. The van der Waals surface area contributed by atoms with Gasteiger partial charge in [0.25, 0.3) is 0 Å². The number of aromatic hydroxyl groups is 1. The van der Waals surface area contributed by atoms with Crippen LogP contribution in [0.25, 0.3) is 10.9 Å². The molecule has 1 aliphatic heterocycles. The molecule has 0 bridgehead atoms. The van der Waals surface area contributed by atoms with E-state index < -0.39 is 10.8 Å². The van der Waals surface area contributed by atoms with E-state index in [9.17, 15) is 14.1 Å². The summed E-state index contributed by atoms with van der Waals surface area (Å²) >= 11 is 0. The van der Waals surface area contributed by atoms with E-state index in [0.717, 1.165) is 0 Å². The van der Waals surface area contributed by atoms with Crippen molar-refractivity contribution in [3.63, 3.8) is 0 Å². The smallest absolute Gasteiger partial charge is 0.214 e. The monoisotopic (exact) mass is 400 g/mol. The Morgan fingerprint density at radius 3 is 2.38 bits per heavy atom. The molecule has 0 aliphatic carbocycles. The van der Waals surface area contributed by atoms with Crippen molar-refractivity contribution in [1.82, 2.24) is 4.57 Å². The van der Waals surface area contributed by atoms with E-state index in [0.29, 0.717) is 32.6 Å². The Morgan fingerprint density at radius 2 is 1.59 bits per heavy atom. The van der Waals surface area contributed by atoms with Gasteiger partial charge in [0.1, 0.15) is 11.6 Å². The minimum Gasteiger partial charge on any atom is -0.494 e. The van der Waals surface area contributed by atoms with E-state index in [1.807, 2.05) is 48.5 Å². The van der Waals surface area contributed by atoms with E-state index in [2.05, 4.69) is 4.99 Å². The second kappa shape index (κ2) is 6.83. The van der Waals surface area contributed by atoms with Crippen molar-refractivity contribution >= 4 is 38.9 Å². The maximum absolute atomic E-state index is 12.9. The molecule has 142 valence electrons. The van der Waals surface area contributed by atoms with Gasteiger partial charge in [0, 0.05) is 15.8 Å². The van der Waals surface area contributed by atoms with Gasteiger partial charge in [-0.25, -0.2) is 4.99 Å². The van der Waals surface area contributed by atoms with Crippen molar-refractivity contribution in [2.24, 2.45) is 4.99 Å². The van der Waals surface area contributed by atoms with Gasteiger partial charge in [-0.15, -0.1) is 0 Å². The van der Waals surface area contributed by atoms with Crippen LogP contribution < -0.4 is 0 Å².